The molecule has 0 radical (unpaired) electrons. The van der Waals surface area contributed by atoms with E-state index in [9.17, 15) is 0 Å². The summed E-state index contributed by atoms with van der Waals surface area (Å²) in [6, 6.07) is 9.46. The van der Waals surface area contributed by atoms with Gasteiger partial charge in [0.15, 0.2) is 5.96 Å². The second-order valence-electron chi connectivity index (χ2n) is 8.29. The lowest BCUT2D eigenvalue weighted by molar-refractivity contribution is 0.0992. The second-order valence-corrected chi connectivity index (χ2v) is 8.29. The number of hydrogen-bond donors (Lipinski definition) is 2. The first-order chi connectivity index (χ1) is 13.3. The molecule has 3 aliphatic heterocycles. The number of halogens is 1. The van der Waals surface area contributed by atoms with Crippen LogP contribution in [0.1, 0.15) is 56.1 Å². The molecule has 156 valence electrons. The van der Waals surface area contributed by atoms with E-state index in [4.69, 9.17) is 4.74 Å². The Morgan fingerprint density at radius 2 is 1.79 bits per heavy atom. The molecule has 3 atom stereocenters. The van der Waals surface area contributed by atoms with Gasteiger partial charge >= 0.3 is 0 Å². The summed E-state index contributed by atoms with van der Waals surface area (Å²) in [7, 11) is 1.84. The molecule has 5 nitrogen and oxygen atoms in total. The Morgan fingerprint density at radius 3 is 2.39 bits per heavy atom. The van der Waals surface area contributed by atoms with E-state index in [1.54, 1.807) is 0 Å². The van der Waals surface area contributed by atoms with Crippen molar-refractivity contribution in [3.63, 3.8) is 0 Å². The van der Waals surface area contributed by atoms with Crippen molar-refractivity contribution in [1.29, 1.82) is 0 Å². The summed E-state index contributed by atoms with van der Waals surface area (Å²) in [5.74, 6) is 0.879. The normalized spacial score (nSPS) is 27.9. The Morgan fingerprint density at radius 1 is 1.07 bits per heavy atom. The second kappa shape index (κ2) is 10.8. The Bertz CT molecular complexity index is 628. The Kier molecular flexibility index (Phi) is 8.41. The van der Waals surface area contributed by atoms with Gasteiger partial charge in [-0.25, -0.2) is 0 Å². The van der Waals surface area contributed by atoms with E-state index in [0.717, 1.165) is 25.5 Å². The maximum absolute atomic E-state index is 5.93. The molecule has 0 amide bonds. The number of hydrogen-bond acceptors (Lipinski definition) is 3. The Balaban J connectivity index is 0.00000225. The lowest BCUT2D eigenvalue weighted by atomic mass is 9.96. The molecule has 1 aromatic rings. The molecule has 2 N–H and O–H groups in total. The number of ether oxygens (including phenoxy) is 1. The van der Waals surface area contributed by atoms with Gasteiger partial charge in [0.25, 0.3) is 0 Å². The smallest absolute Gasteiger partial charge is 0.191 e. The van der Waals surface area contributed by atoms with Gasteiger partial charge in [-0.3, -0.25) is 9.89 Å². The summed E-state index contributed by atoms with van der Waals surface area (Å²) in [5, 5.41) is 7.00. The molecule has 3 aliphatic rings. The summed E-state index contributed by atoms with van der Waals surface area (Å²) in [5.41, 5.74) is 2.71. The number of likely N-dealkylation sites (tertiary alicyclic amines) is 1. The third kappa shape index (κ3) is 5.83. The predicted octanol–water partition coefficient (Wildman–Crippen LogP) is 3.67. The molecule has 2 bridgehead atoms. The molecule has 1 aromatic carbocycles. The van der Waals surface area contributed by atoms with E-state index in [0.29, 0.717) is 18.2 Å². The minimum atomic E-state index is 0. The molecule has 3 fully saturated rings. The standard InChI is InChI=1S/C22H34N4O.HI/c1-23-22(25-20-14-19-10-11-21(20)27-19)24-15-17-6-8-18(9-7-17)16-26-12-4-2-3-5-13-26;/h6-9,19-21H,2-5,10-16H2,1H3,(H2,23,24,25);1H. The molecule has 3 unspecified atom stereocenters. The zero-order valence-electron chi connectivity index (χ0n) is 17.0. The van der Waals surface area contributed by atoms with Gasteiger partial charge in [-0.05, 0) is 56.3 Å². The summed E-state index contributed by atoms with van der Waals surface area (Å²) in [6.45, 7) is 4.38. The van der Waals surface area contributed by atoms with E-state index in [-0.39, 0.29) is 24.0 Å². The molecule has 0 aliphatic carbocycles. The summed E-state index contributed by atoms with van der Waals surface area (Å²) < 4.78 is 5.93. The van der Waals surface area contributed by atoms with Gasteiger partial charge in [0.1, 0.15) is 0 Å². The maximum Gasteiger partial charge on any atom is 0.191 e. The average Bonchev–Trinajstić information content (AvgIpc) is 3.22. The van der Waals surface area contributed by atoms with Gasteiger partial charge < -0.3 is 15.4 Å². The van der Waals surface area contributed by atoms with Gasteiger partial charge in [0.2, 0.25) is 0 Å². The van der Waals surface area contributed by atoms with Crippen molar-refractivity contribution in [2.75, 3.05) is 20.1 Å². The molecule has 3 heterocycles. The number of aliphatic imine (C=N–C) groups is 1. The first-order valence-electron chi connectivity index (χ1n) is 10.7. The number of guanidine groups is 1. The zero-order valence-corrected chi connectivity index (χ0v) is 19.4. The van der Waals surface area contributed by atoms with Crippen molar-refractivity contribution in [1.82, 2.24) is 15.5 Å². The van der Waals surface area contributed by atoms with Crippen LogP contribution in [0.15, 0.2) is 29.3 Å². The molecule has 0 spiro atoms. The molecule has 6 heteroatoms. The van der Waals surface area contributed by atoms with Crippen molar-refractivity contribution < 1.29 is 4.74 Å². The number of nitrogens with zero attached hydrogens (tertiary/aromatic N) is 2. The van der Waals surface area contributed by atoms with Crippen LogP contribution in [0.4, 0.5) is 0 Å². The highest BCUT2D eigenvalue weighted by Crippen LogP contribution is 2.34. The number of rotatable bonds is 5. The van der Waals surface area contributed by atoms with Crippen molar-refractivity contribution in [2.45, 2.75) is 76.3 Å². The topological polar surface area (TPSA) is 48.9 Å². The molecule has 3 saturated heterocycles. The third-order valence-corrected chi connectivity index (χ3v) is 6.24. The lowest BCUT2D eigenvalue weighted by Gasteiger charge is -2.22. The van der Waals surface area contributed by atoms with Crippen LogP contribution in [-0.4, -0.2) is 49.2 Å². The van der Waals surface area contributed by atoms with E-state index in [2.05, 4.69) is 44.8 Å². The van der Waals surface area contributed by atoms with Crippen molar-refractivity contribution in [3.8, 4) is 0 Å². The molecule has 4 rings (SSSR count). The van der Waals surface area contributed by atoms with Crippen LogP contribution in [0.2, 0.25) is 0 Å². The Labute approximate surface area is 186 Å². The fourth-order valence-corrected chi connectivity index (χ4v) is 4.66. The van der Waals surface area contributed by atoms with Crippen molar-refractivity contribution >= 4 is 29.9 Å². The molecule has 0 saturated carbocycles. The van der Waals surface area contributed by atoms with Crippen LogP contribution in [0, 0.1) is 0 Å². The largest absolute Gasteiger partial charge is 0.373 e. The fraction of sp³-hybridized carbons (Fsp3) is 0.682. The number of nitrogens with one attached hydrogen (secondary N) is 2. The summed E-state index contributed by atoms with van der Waals surface area (Å²) >= 11 is 0. The van der Waals surface area contributed by atoms with Gasteiger partial charge in [-0.15, -0.1) is 24.0 Å². The molecular formula is C22H35IN4O. The highest BCUT2D eigenvalue weighted by atomic mass is 127. The van der Waals surface area contributed by atoms with Crippen molar-refractivity contribution in [2.24, 2.45) is 4.99 Å². The molecule has 0 aromatic heterocycles. The molecular weight excluding hydrogens is 463 g/mol. The first-order valence-corrected chi connectivity index (χ1v) is 10.7. The van der Waals surface area contributed by atoms with Crippen LogP contribution in [0.5, 0.6) is 0 Å². The highest BCUT2D eigenvalue weighted by molar-refractivity contribution is 14.0. The van der Waals surface area contributed by atoms with Crippen LogP contribution in [0.25, 0.3) is 0 Å². The molecule has 28 heavy (non-hydrogen) atoms. The quantitative estimate of drug-likeness (QED) is 0.370. The van der Waals surface area contributed by atoms with Gasteiger partial charge in [-0.1, -0.05) is 37.1 Å². The van der Waals surface area contributed by atoms with Gasteiger partial charge in [0.05, 0.1) is 18.2 Å². The van der Waals surface area contributed by atoms with Crippen LogP contribution < -0.4 is 10.6 Å². The predicted molar refractivity (Wildman–Crippen MR) is 125 cm³/mol. The SMILES string of the molecule is CN=C(NCc1ccc(CN2CCCCCC2)cc1)NC1CC2CCC1O2.I. The van der Waals surface area contributed by atoms with Gasteiger partial charge in [0, 0.05) is 20.1 Å². The minimum absolute atomic E-state index is 0. The highest BCUT2D eigenvalue weighted by Gasteiger charge is 2.41. The lowest BCUT2D eigenvalue weighted by Crippen LogP contribution is -2.47. The average molecular weight is 498 g/mol. The van der Waals surface area contributed by atoms with E-state index in [1.807, 2.05) is 7.05 Å². The van der Waals surface area contributed by atoms with Crippen LogP contribution in [-0.2, 0) is 17.8 Å². The fourth-order valence-electron chi connectivity index (χ4n) is 4.66. The third-order valence-electron chi connectivity index (χ3n) is 6.24. The van der Waals surface area contributed by atoms with E-state index >= 15 is 0 Å². The van der Waals surface area contributed by atoms with Gasteiger partial charge in [-0.2, -0.15) is 0 Å². The van der Waals surface area contributed by atoms with Crippen molar-refractivity contribution in [3.05, 3.63) is 35.4 Å². The maximum atomic E-state index is 5.93. The zero-order chi connectivity index (χ0) is 18.5. The monoisotopic (exact) mass is 498 g/mol. The Hall–Kier alpha value is -0.860. The van der Waals surface area contributed by atoms with E-state index in [1.165, 1.54) is 62.7 Å². The summed E-state index contributed by atoms with van der Waals surface area (Å²) in [6.07, 6.45) is 9.82. The van der Waals surface area contributed by atoms with Crippen LogP contribution in [0.3, 0.4) is 0 Å². The summed E-state index contributed by atoms with van der Waals surface area (Å²) in [4.78, 5) is 6.99. The van der Waals surface area contributed by atoms with E-state index < -0.39 is 0 Å². The number of benzene rings is 1. The first kappa shape index (κ1) is 21.8. The van der Waals surface area contributed by atoms with Crippen LogP contribution >= 0.6 is 24.0 Å². The minimum Gasteiger partial charge on any atom is -0.373 e. The number of fused-ring (bicyclic) bond motifs is 2.